The SMILES string of the molecule is CC(C)(C)c1ccc(C(=O)NCCc2c[nH]c3cc(OCc4ccccc4)ccc23)cc1. The Hall–Kier alpha value is -3.53. The summed E-state index contributed by atoms with van der Waals surface area (Å²) < 4.78 is 5.92. The van der Waals surface area contributed by atoms with Crippen LogP contribution < -0.4 is 10.1 Å². The zero-order chi connectivity index (χ0) is 22.6. The highest BCUT2D eigenvalue weighted by molar-refractivity contribution is 5.94. The minimum atomic E-state index is -0.0399. The summed E-state index contributed by atoms with van der Waals surface area (Å²) in [6.45, 7) is 7.63. The molecule has 4 rings (SSSR count). The van der Waals surface area contributed by atoms with Crippen molar-refractivity contribution in [3.8, 4) is 5.75 Å². The van der Waals surface area contributed by atoms with E-state index in [-0.39, 0.29) is 11.3 Å². The highest BCUT2D eigenvalue weighted by atomic mass is 16.5. The number of nitrogens with one attached hydrogen (secondary N) is 2. The van der Waals surface area contributed by atoms with Gasteiger partial charge in [-0.15, -0.1) is 0 Å². The molecule has 4 aromatic rings. The highest BCUT2D eigenvalue weighted by Crippen LogP contribution is 2.25. The Labute approximate surface area is 189 Å². The number of carbonyl (C=O) groups is 1. The van der Waals surface area contributed by atoms with E-state index in [2.05, 4.69) is 49.3 Å². The summed E-state index contributed by atoms with van der Waals surface area (Å²) in [6, 6.07) is 24.1. The summed E-state index contributed by atoms with van der Waals surface area (Å²) in [7, 11) is 0. The highest BCUT2D eigenvalue weighted by Gasteiger charge is 2.14. The maximum absolute atomic E-state index is 12.5. The number of aromatic nitrogens is 1. The summed E-state index contributed by atoms with van der Waals surface area (Å²) >= 11 is 0. The van der Waals surface area contributed by atoms with Crippen molar-refractivity contribution in [2.75, 3.05) is 6.54 Å². The Balaban J connectivity index is 1.33. The first-order valence-corrected chi connectivity index (χ1v) is 11.1. The Morgan fingerprint density at radius 1 is 0.969 bits per heavy atom. The number of fused-ring (bicyclic) bond motifs is 1. The minimum Gasteiger partial charge on any atom is -0.489 e. The van der Waals surface area contributed by atoms with Crippen molar-refractivity contribution in [3.63, 3.8) is 0 Å². The van der Waals surface area contributed by atoms with Gasteiger partial charge in [-0.3, -0.25) is 4.79 Å². The number of hydrogen-bond acceptors (Lipinski definition) is 2. The number of H-pyrrole nitrogens is 1. The first-order chi connectivity index (χ1) is 15.4. The first kappa shape index (κ1) is 21.7. The molecule has 1 heterocycles. The van der Waals surface area contributed by atoms with Crippen LogP contribution in [-0.4, -0.2) is 17.4 Å². The second-order valence-corrected chi connectivity index (χ2v) is 9.13. The summed E-state index contributed by atoms with van der Waals surface area (Å²) in [5.74, 6) is 0.795. The van der Waals surface area contributed by atoms with Crippen molar-refractivity contribution in [3.05, 3.63) is 101 Å². The lowest BCUT2D eigenvalue weighted by Gasteiger charge is -2.19. The molecule has 0 aliphatic heterocycles. The van der Waals surface area contributed by atoms with Crippen LogP contribution in [0.2, 0.25) is 0 Å². The normalized spacial score (nSPS) is 11.5. The lowest BCUT2D eigenvalue weighted by molar-refractivity contribution is 0.0954. The fourth-order valence-electron chi connectivity index (χ4n) is 3.74. The zero-order valence-electron chi connectivity index (χ0n) is 18.9. The molecule has 1 aromatic heterocycles. The predicted molar refractivity (Wildman–Crippen MR) is 130 cm³/mol. The molecule has 0 saturated carbocycles. The molecule has 0 fully saturated rings. The predicted octanol–water partition coefficient (Wildman–Crippen LogP) is 6.02. The van der Waals surface area contributed by atoms with Crippen molar-refractivity contribution >= 4 is 16.8 Å². The summed E-state index contributed by atoms with van der Waals surface area (Å²) in [6.07, 6.45) is 2.77. The standard InChI is InChI=1S/C28H30N2O2/c1-28(2,3)23-11-9-21(10-12-23)27(31)29-16-15-22-18-30-26-17-24(13-14-25(22)26)32-19-20-7-5-4-6-8-20/h4-14,17-18,30H,15-16,19H2,1-3H3,(H,29,31). The van der Waals surface area contributed by atoms with Gasteiger partial charge in [0.25, 0.3) is 5.91 Å². The number of ether oxygens (including phenoxy) is 1. The molecule has 2 N–H and O–H groups in total. The molecule has 164 valence electrons. The van der Waals surface area contributed by atoms with Gasteiger partial charge in [-0.1, -0.05) is 63.2 Å². The summed E-state index contributed by atoms with van der Waals surface area (Å²) in [4.78, 5) is 15.8. The molecule has 0 saturated heterocycles. The molecular formula is C28H30N2O2. The van der Waals surface area contributed by atoms with Crippen LogP contribution in [0.4, 0.5) is 0 Å². The van der Waals surface area contributed by atoms with Crippen LogP contribution >= 0.6 is 0 Å². The number of rotatable bonds is 7. The molecule has 32 heavy (non-hydrogen) atoms. The summed E-state index contributed by atoms with van der Waals surface area (Å²) in [5, 5.41) is 4.19. The second-order valence-electron chi connectivity index (χ2n) is 9.13. The van der Waals surface area contributed by atoms with Gasteiger partial charge in [0.1, 0.15) is 12.4 Å². The van der Waals surface area contributed by atoms with E-state index in [9.17, 15) is 4.79 Å². The van der Waals surface area contributed by atoms with E-state index in [1.165, 1.54) is 11.1 Å². The third-order valence-electron chi connectivity index (χ3n) is 5.68. The number of carbonyl (C=O) groups excluding carboxylic acids is 1. The third-order valence-corrected chi connectivity index (χ3v) is 5.68. The fraction of sp³-hybridized carbons (Fsp3) is 0.250. The lowest BCUT2D eigenvalue weighted by Crippen LogP contribution is -2.25. The topological polar surface area (TPSA) is 54.1 Å². The number of amides is 1. The zero-order valence-corrected chi connectivity index (χ0v) is 18.9. The van der Waals surface area contributed by atoms with Crippen LogP contribution in [-0.2, 0) is 18.4 Å². The maximum atomic E-state index is 12.5. The molecule has 0 aliphatic rings. The first-order valence-electron chi connectivity index (χ1n) is 11.1. The van der Waals surface area contributed by atoms with Gasteiger partial charge < -0.3 is 15.0 Å². The van der Waals surface area contributed by atoms with E-state index in [1.54, 1.807) is 0 Å². The van der Waals surface area contributed by atoms with Crippen molar-refractivity contribution in [2.24, 2.45) is 0 Å². The largest absolute Gasteiger partial charge is 0.489 e. The van der Waals surface area contributed by atoms with Crippen molar-refractivity contribution in [1.29, 1.82) is 0 Å². The van der Waals surface area contributed by atoms with Crippen LogP contribution in [0.25, 0.3) is 10.9 Å². The van der Waals surface area contributed by atoms with Gasteiger partial charge in [-0.25, -0.2) is 0 Å². The number of aromatic amines is 1. The molecule has 0 bridgehead atoms. The number of benzene rings is 3. The minimum absolute atomic E-state index is 0.0399. The molecule has 1 amide bonds. The van der Waals surface area contributed by atoms with Gasteiger partial charge in [0.2, 0.25) is 0 Å². The molecular weight excluding hydrogens is 396 g/mol. The van der Waals surface area contributed by atoms with Crippen molar-refractivity contribution in [2.45, 2.75) is 39.2 Å². The smallest absolute Gasteiger partial charge is 0.251 e. The Morgan fingerprint density at radius 2 is 1.72 bits per heavy atom. The third kappa shape index (κ3) is 5.20. The molecule has 0 spiro atoms. The molecule has 3 aromatic carbocycles. The van der Waals surface area contributed by atoms with Crippen LogP contribution in [0, 0.1) is 0 Å². The Kier molecular flexibility index (Phi) is 6.31. The van der Waals surface area contributed by atoms with E-state index in [0.717, 1.165) is 28.6 Å². The van der Waals surface area contributed by atoms with Gasteiger partial charge in [0.05, 0.1) is 0 Å². The quantitative estimate of drug-likeness (QED) is 0.380. The number of hydrogen-bond donors (Lipinski definition) is 2. The van der Waals surface area contributed by atoms with Crippen LogP contribution in [0.1, 0.15) is 47.8 Å². The van der Waals surface area contributed by atoms with E-state index < -0.39 is 0 Å². The van der Waals surface area contributed by atoms with E-state index in [1.807, 2.05) is 60.8 Å². The average Bonchev–Trinajstić information content (AvgIpc) is 3.20. The van der Waals surface area contributed by atoms with E-state index in [0.29, 0.717) is 18.7 Å². The monoisotopic (exact) mass is 426 g/mol. The van der Waals surface area contributed by atoms with Crippen LogP contribution in [0.3, 0.4) is 0 Å². The van der Waals surface area contributed by atoms with E-state index in [4.69, 9.17) is 4.74 Å². The van der Waals surface area contributed by atoms with Crippen LogP contribution in [0.15, 0.2) is 79.0 Å². The average molecular weight is 427 g/mol. The van der Waals surface area contributed by atoms with Gasteiger partial charge >= 0.3 is 0 Å². The van der Waals surface area contributed by atoms with Crippen LogP contribution in [0.5, 0.6) is 5.75 Å². The van der Waals surface area contributed by atoms with Crippen molar-refractivity contribution in [1.82, 2.24) is 10.3 Å². The second kappa shape index (κ2) is 9.31. The maximum Gasteiger partial charge on any atom is 0.251 e. The Morgan fingerprint density at radius 3 is 2.44 bits per heavy atom. The molecule has 4 heteroatoms. The van der Waals surface area contributed by atoms with Gasteiger partial charge in [-0.05, 0) is 52.8 Å². The van der Waals surface area contributed by atoms with E-state index >= 15 is 0 Å². The molecule has 0 radical (unpaired) electrons. The molecule has 0 atom stereocenters. The van der Waals surface area contributed by atoms with Crippen molar-refractivity contribution < 1.29 is 9.53 Å². The Bertz CT molecular complexity index is 1190. The molecule has 4 nitrogen and oxygen atoms in total. The molecule has 0 aliphatic carbocycles. The lowest BCUT2D eigenvalue weighted by atomic mass is 9.87. The van der Waals surface area contributed by atoms with Gasteiger partial charge in [0.15, 0.2) is 0 Å². The van der Waals surface area contributed by atoms with Gasteiger partial charge in [-0.2, -0.15) is 0 Å². The molecule has 0 unspecified atom stereocenters. The summed E-state index contributed by atoms with van der Waals surface area (Å²) in [5.41, 5.74) is 5.35. The fourth-order valence-corrected chi connectivity index (χ4v) is 3.74. The van der Waals surface area contributed by atoms with Gasteiger partial charge in [0, 0.05) is 35.3 Å².